The number of nitrogens with one attached hydrogen (secondary N) is 2. The predicted octanol–water partition coefficient (Wildman–Crippen LogP) is 6.55. The largest absolute Gasteiger partial charge is 0.485 e. The number of pyridine rings is 1. The lowest BCUT2D eigenvalue weighted by Gasteiger charge is -2.57. The number of piperidine rings is 1. The number of hydrogen-bond acceptors (Lipinski definition) is 14. The third-order valence-corrected chi connectivity index (χ3v) is 15.7. The molecule has 0 unspecified atom stereocenters. The fourth-order valence-corrected chi connectivity index (χ4v) is 11.7. The minimum atomic E-state index is -4.67. The first-order valence-corrected chi connectivity index (χ1v) is 24.5. The van der Waals surface area contributed by atoms with Crippen molar-refractivity contribution in [1.29, 1.82) is 0 Å². The van der Waals surface area contributed by atoms with Gasteiger partial charge in [-0.25, -0.2) is 18.1 Å². The fraction of sp³-hybridized carbons (Fsp3) is 0.458. The van der Waals surface area contributed by atoms with Crippen molar-refractivity contribution in [1.82, 2.24) is 24.5 Å². The van der Waals surface area contributed by atoms with E-state index in [0.29, 0.717) is 56.2 Å². The van der Waals surface area contributed by atoms with E-state index in [4.69, 9.17) is 23.7 Å². The molecule has 18 heteroatoms. The Morgan fingerprint density at radius 3 is 2.52 bits per heavy atom. The Balaban J connectivity index is 0.800. The first kappa shape index (κ1) is 42.8. The first-order valence-electron chi connectivity index (χ1n) is 23.0. The summed E-state index contributed by atoms with van der Waals surface area (Å²) in [6, 6.07) is 20.5. The van der Waals surface area contributed by atoms with Crippen molar-refractivity contribution >= 4 is 38.3 Å². The normalized spacial score (nSPS) is 22.5. The van der Waals surface area contributed by atoms with Crippen LogP contribution in [0.15, 0.2) is 84.0 Å². The van der Waals surface area contributed by atoms with E-state index < -0.39 is 37.5 Å². The molecule has 0 radical (unpaired) electrons. The van der Waals surface area contributed by atoms with Gasteiger partial charge in [0, 0.05) is 80.8 Å². The number of anilines is 1. The summed E-state index contributed by atoms with van der Waals surface area (Å²) < 4.78 is 59.7. The molecule has 2 aliphatic carbocycles. The Kier molecular flexibility index (Phi) is 11.3. The average Bonchev–Trinajstić information content (AvgIpc) is 4.07. The van der Waals surface area contributed by atoms with Gasteiger partial charge in [-0.15, -0.1) is 0 Å². The number of aromatic amines is 1. The van der Waals surface area contributed by atoms with Crippen LogP contribution >= 0.6 is 0 Å². The lowest BCUT2D eigenvalue weighted by Crippen LogP contribution is -2.58. The van der Waals surface area contributed by atoms with Crippen molar-refractivity contribution in [2.75, 3.05) is 77.2 Å². The summed E-state index contributed by atoms with van der Waals surface area (Å²) in [5, 5.41) is 13.1. The van der Waals surface area contributed by atoms with Gasteiger partial charge < -0.3 is 33.6 Å². The third-order valence-electron chi connectivity index (χ3n) is 14.4. The van der Waals surface area contributed by atoms with E-state index in [2.05, 4.69) is 53.7 Å². The third kappa shape index (κ3) is 8.56. The summed E-state index contributed by atoms with van der Waals surface area (Å²) in [6.07, 6.45) is 9.68. The number of sulfonamides is 1. The Bertz CT molecular complexity index is 2760. The van der Waals surface area contributed by atoms with Crippen molar-refractivity contribution in [3.8, 4) is 23.0 Å². The molecule has 3 saturated heterocycles. The summed E-state index contributed by atoms with van der Waals surface area (Å²) in [7, 11) is -4.67. The van der Waals surface area contributed by atoms with Gasteiger partial charge in [0.1, 0.15) is 29.9 Å². The minimum absolute atomic E-state index is 0.0480. The highest BCUT2D eigenvalue weighted by atomic mass is 32.2. The van der Waals surface area contributed by atoms with E-state index in [1.165, 1.54) is 30.2 Å². The van der Waals surface area contributed by atoms with Crippen LogP contribution in [-0.2, 0) is 19.5 Å². The number of nitrogens with zero attached hydrogens (tertiary/aromatic N) is 5. The summed E-state index contributed by atoms with van der Waals surface area (Å²) in [6.45, 7) is 7.10. The summed E-state index contributed by atoms with van der Waals surface area (Å²) in [4.78, 5) is 39.8. The topological polar surface area (TPSA) is 191 Å². The van der Waals surface area contributed by atoms with Gasteiger partial charge in [-0.05, 0) is 85.3 Å². The van der Waals surface area contributed by atoms with Crippen LogP contribution in [-0.4, -0.2) is 123 Å². The quantitative estimate of drug-likeness (QED) is 0.101. The zero-order valence-electron chi connectivity index (χ0n) is 36.6. The van der Waals surface area contributed by atoms with Crippen molar-refractivity contribution in [2.45, 2.75) is 67.5 Å². The standard InChI is InChI=1S/C48H53N7O10S/c56-47(51-66(59,60)37-23-41(55(57)58)45-44(24-37)63-29-36(65-45)28-52-15-18-61-19-16-52)40-8-7-33(22-43(40)64-35-21-32-9-12-49-46(32)50-27-35)53-13-10-48(11-14-53)25-34(26-48)54-17-20-62-30-42(54)39-4-2-1-3-38(39)31-5-6-31/h1-4,7-9,12,21-24,27,31,34,36,42H,5-6,10-11,13-20,25-26,28-30H2,(H,49,50)(H,51,56)/t36-,42-/m0/s1. The van der Waals surface area contributed by atoms with Crippen LogP contribution in [0.2, 0.25) is 0 Å². The number of hydrogen-bond donors (Lipinski definition) is 2. The molecule has 1 spiro atoms. The molecule has 2 N–H and O–H groups in total. The number of carbonyl (C=O) groups excluding carboxylic acids is 1. The summed E-state index contributed by atoms with van der Waals surface area (Å²) in [5.74, 6) is -0.0752. The highest BCUT2D eigenvalue weighted by molar-refractivity contribution is 7.90. The maximum atomic E-state index is 14.1. The SMILES string of the molecule is O=C(NS(=O)(=O)c1cc2c(c([N+](=O)[O-])c1)O[C@@H](CN1CCOCC1)CO2)c1ccc(N2CCC3(CC2)CC(N2CCOC[C@H]2c2ccccc2C2CC2)C3)cc1Oc1cnc2[nH]ccc2c1. The lowest BCUT2D eigenvalue weighted by atomic mass is 9.59. The Labute approximate surface area is 382 Å². The van der Waals surface area contributed by atoms with Gasteiger partial charge in [0.2, 0.25) is 5.75 Å². The number of aromatic nitrogens is 2. The zero-order chi connectivity index (χ0) is 45.0. The second-order valence-electron chi connectivity index (χ2n) is 18.6. The molecule has 5 fully saturated rings. The van der Waals surface area contributed by atoms with E-state index in [1.54, 1.807) is 24.4 Å². The van der Waals surface area contributed by atoms with Crippen LogP contribution in [0.5, 0.6) is 23.0 Å². The number of H-pyrrole nitrogens is 1. The average molecular weight is 920 g/mol. The molecule has 11 rings (SSSR count). The van der Waals surface area contributed by atoms with Gasteiger partial charge in [-0.3, -0.25) is 24.7 Å². The molecule has 5 aromatic rings. The van der Waals surface area contributed by atoms with E-state index in [9.17, 15) is 23.3 Å². The Morgan fingerprint density at radius 1 is 0.939 bits per heavy atom. The molecule has 1 amide bonds. The maximum Gasteiger partial charge on any atom is 0.316 e. The Hall–Kier alpha value is -5.79. The number of ether oxygens (including phenoxy) is 5. The van der Waals surface area contributed by atoms with E-state index in [-0.39, 0.29) is 40.9 Å². The second-order valence-corrected chi connectivity index (χ2v) is 20.3. The number of benzene rings is 3. The molecule has 6 aliphatic rings. The predicted molar refractivity (Wildman–Crippen MR) is 243 cm³/mol. The fourth-order valence-electron chi connectivity index (χ4n) is 10.7. The zero-order valence-corrected chi connectivity index (χ0v) is 37.4. The number of nitro benzene ring substituents is 1. The molecule has 2 aromatic heterocycles. The number of rotatable bonds is 12. The van der Waals surface area contributed by atoms with Gasteiger partial charge >= 0.3 is 5.69 Å². The Morgan fingerprint density at radius 2 is 1.73 bits per heavy atom. The van der Waals surface area contributed by atoms with Gasteiger partial charge in [-0.1, -0.05) is 24.3 Å². The monoisotopic (exact) mass is 919 g/mol. The smallest absolute Gasteiger partial charge is 0.316 e. The highest BCUT2D eigenvalue weighted by Crippen LogP contribution is 2.54. The molecule has 66 heavy (non-hydrogen) atoms. The molecule has 17 nitrogen and oxygen atoms in total. The molecule has 3 aromatic carbocycles. The number of carbonyl (C=O) groups is 1. The number of fused-ring (bicyclic) bond motifs is 2. The van der Waals surface area contributed by atoms with Crippen LogP contribution in [0, 0.1) is 15.5 Å². The van der Waals surface area contributed by atoms with Gasteiger partial charge in [0.25, 0.3) is 15.9 Å². The van der Waals surface area contributed by atoms with Crippen molar-refractivity contribution in [3.63, 3.8) is 0 Å². The van der Waals surface area contributed by atoms with E-state index >= 15 is 0 Å². The van der Waals surface area contributed by atoms with Gasteiger partial charge in [0.15, 0.2) is 5.75 Å². The number of nitro groups is 1. The summed E-state index contributed by atoms with van der Waals surface area (Å²) in [5.41, 5.74) is 4.06. The lowest BCUT2D eigenvalue weighted by molar-refractivity contribution is -0.386. The molecular formula is C48H53N7O10S. The van der Waals surface area contributed by atoms with Gasteiger partial charge in [-0.2, -0.15) is 0 Å². The maximum absolute atomic E-state index is 14.1. The minimum Gasteiger partial charge on any atom is -0.485 e. The molecule has 6 heterocycles. The molecular weight excluding hydrogens is 867 g/mol. The molecule has 2 saturated carbocycles. The van der Waals surface area contributed by atoms with E-state index in [1.807, 2.05) is 12.1 Å². The van der Waals surface area contributed by atoms with Crippen LogP contribution in [0.1, 0.15) is 72.0 Å². The highest BCUT2D eigenvalue weighted by Gasteiger charge is 2.50. The van der Waals surface area contributed by atoms with E-state index in [0.717, 1.165) is 81.7 Å². The number of amides is 1. The second kappa shape index (κ2) is 17.5. The first-order chi connectivity index (χ1) is 32.1. The molecule has 4 aliphatic heterocycles. The van der Waals surface area contributed by atoms with Crippen LogP contribution < -0.4 is 23.8 Å². The van der Waals surface area contributed by atoms with Crippen LogP contribution in [0.4, 0.5) is 11.4 Å². The molecule has 2 atom stereocenters. The molecule has 0 bridgehead atoms. The summed E-state index contributed by atoms with van der Waals surface area (Å²) >= 11 is 0. The van der Waals surface area contributed by atoms with Gasteiger partial charge in [0.05, 0.1) is 54.0 Å². The van der Waals surface area contributed by atoms with Crippen molar-refractivity contribution < 1.29 is 41.8 Å². The van der Waals surface area contributed by atoms with Crippen molar-refractivity contribution in [3.05, 3.63) is 106 Å². The van der Waals surface area contributed by atoms with Crippen LogP contribution in [0.3, 0.4) is 0 Å². The van der Waals surface area contributed by atoms with Crippen molar-refractivity contribution in [2.24, 2.45) is 5.41 Å². The number of morpholine rings is 2. The molecule has 346 valence electrons. The van der Waals surface area contributed by atoms with Crippen LogP contribution in [0.25, 0.3) is 11.0 Å².